The van der Waals surface area contributed by atoms with E-state index in [1.807, 2.05) is 25.7 Å². The van der Waals surface area contributed by atoms with E-state index in [2.05, 4.69) is 20.8 Å². The molecular weight excluding hydrogens is 433 g/mol. The molecule has 1 fully saturated rings. The predicted octanol–water partition coefficient (Wildman–Crippen LogP) is 6.36. The summed E-state index contributed by atoms with van der Waals surface area (Å²) in [5.74, 6) is 0. The van der Waals surface area contributed by atoms with Gasteiger partial charge in [0, 0.05) is 0 Å². The van der Waals surface area contributed by atoms with Crippen LogP contribution in [0.3, 0.4) is 0 Å². The van der Waals surface area contributed by atoms with Gasteiger partial charge >= 0.3 is 166 Å². The SMILES string of the molecule is CCC[CH2][Sn]([CH2]CCC)([CH2]CCC)[CH]1OCCCN1C(=O)OC(C)(C)C. The molecule has 0 aromatic heterocycles. The predicted molar refractivity (Wildman–Crippen MR) is 112 cm³/mol. The van der Waals surface area contributed by atoms with Crippen LogP contribution in [0.2, 0.25) is 13.3 Å². The van der Waals surface area contributed by atoms with Gasteiger partial charge in [-0.1, -0.05) is 0 Å². The number of hydrogen-bond acceptors (Lipinski definition) is 3. The Kier molecular flexibility index (Phi) is 10.9. The van der Waals surface area contributed by atoms with Gasteiger partial charge in [0.15, 0.2) is 0 Å². The average molecular weight is 476 g/mol. The molecule has 1 heterocycles. The summed E-state index contributed by atoms with van der Waals surface area (Å²) in [4.78, 5) is 14.9. The molecule has 0 aromatic carbocycles. The van der Waals surface area contributed by atoms with Gasteiger partial charge in [0.25, 0.3) is 0 Å². The van der Waals surface area contributed by atoms with Crippen LogP contribution in [-0.4, -0.2) is 52.4 Å². The van der Waals surface area contributed by atoms with E-state index in [-0.39, 0.29) is 10.3 Å². The van der Waals surface area contributed by atoms with E-state index in [0.29, 0.717) is 0 Å². The quantitative estimate of drug-likeness (QED) is 0.345. The molecule has 1 rings (SSSR count). The van der Waals surface area contributed by atoms with Crippen molar-refractivity contribution in [3.63, 3.8) is 0 Å². The van der Waals surface area contributed by atoms with Crippen molar-refractivity contribution >= 4 is 24.5 Å². The van der Waals surface area contributed by atoms with Crippen LogP contribution in [0.1, 0.15) is 86.5 Å². The molecule has 0 bridgehead atoms. The monoisotopic (exact) mass is 477 g/mol. The Balaban J connectivity index is 3.11. The molecule has 0 N–H and O–H groups in total. The van der Waals surface area contributed by atoms with Crippen LogP contribution in [0.15, 0.2) is 0 Å². The summed E-state index contributed by atoms with van der Waals surface area (Å²) >= 11 is -2.68. The van der Waals surface area contributed by atoms with Crippen molar-refractivity contribution in [1.29, 1.82) is 0 Å². The third-order valence-electron chi connectivity index (χ3n) is 5.34. The summed E-state index contributed by atoms with van der Waals surface area (Å²) in [5.41, 5.74) is -0.451. The van der Waals surface area contributed by atoms with Crippen LogP contribution in [-0.2, 0) is 9.47 Å². The van der Waals surface area contributed by atoms with Crippen LogP contribution in [0.4, 0.5) is 4.79 Å². The maximum absolute atomic E-state index is 12.9. The molecule has 1 amide bonds. The van der Waals surface area contributed by atoms with Crippen molar-refractivity contribution in [2.45, 2.75) is 110 Å². The minimum absolute atomic E-state index is 0.0672. The van der Waals surface area contributed by atoms with Crippen molar-refractivity contribution in [1.82, 2.24) is 4.90 Å². The van der Waals surface area contributed by atoms with Gasteiger partial charge in [-0.3, -0.25) is 0 Å². The average Bonchev–Trinajstić information content (AvgIpc) is 2.60. The number of nitrogens with zero attached hydrogens (tertiary/aromatic N) is 1. The van der Waals surface area contributed by atoms with E-state index in [9.17, 15) is 4.79 Å². The number of carbonyl (C=O) groups is 1. The molecule has 1 aliphatic rings. The van der Waals surface area contributed by atoms with E-state index in [1.54, 1.807) is 0 Å². The Morgan fingerprint density at radius 1 is 1.04 bits per heavy atom. The van der Waals surface area contributed by atoms with E-state index in [1.165, 1.54) is 51.8 Å². The first-order valence-electron chi connectivity index (χ1n) is 10.9. The molecule has 0 saturated carbocycles. The summed E-state index contributed by atoms with van der Waals surface area (Å²) in [6.07, 6.45) is 8.31. The van der Waals surface area contributed by atoms with Gasteiger partial charge in [-0.05, 0) is 0 Å². The van der Waals surface area contributed by atoms with Crippen molar-refractivity contribution in [3.05, 3.63) is 0 Å². The van der Waals surface area contributed by atoms with Gasteiger partial charge < -0.3 is 0 Å². The third kappa shape index (κ3) is 7.57. The summed E-state index contributed by atoms with van der Waals surface area (Å²) in [5, 5.41) is 0. The topological polar surface area (TPSA) is 38.8 Å². The second kappa shape index (κ2) is 11.8. The molecule has 4 nitrogen and oxygen atoms in total. The molecular formula is C21H43NO3Sn. The molecule has 1 aliphatic heterocycles. The Morgan fingerprint density at radius 3 is 1.96 bits per heavy atom. The van der Waals surface area contributed by atoms with Gasteiger partial charge in [-0.25, -0.2) is 0 Å². The molecule has 1 unspecified atom stereocenters. The summed E-state index contributed by atoms with van der Waals surface area (Å²) < 4.78 is 16.3. The zero-order chi connectivity index (χ0) is 19.6. The zero-order valence-corrected chi connectivity index (χ0v) is 21.1. The van der Waals surface area contributed by atoms with Crippen molar-refractivity contribution < 1.29 is 14.3 Å². The first kappa shape index (κ1) is 24.1. The minimum atomic E-state index is -2.68. The zero-order valence-electron chi connectivity index (χ0n) is 18.2. The Bertz CT molecular complexity index is 387. The first-order chi connectivity index (χ1) is 12.3. The Labute approximate surface area is 166 Å². The number of carbonyl (C=O) groups excluding carboxylic acids is 1. The fourth-order valence-electron chi connectivity index (χ4n) is 3.98. The fraction of sp³-hybridized carbons (Fsp3) is 0.952. The van der Waals surface area contributed by atoms with E-state index >= 15 is 0 Å². The van der Waals surface area contributed by atoms with Crippen LogP contribution < -0.4 is 0 Å². The van der Waals surface area contributed by atoms with Crippen molar-refractivity contribution in [3.8, 4) is 0 Å². The number of unbranched alkanes of at least 4 members (excludes halogenated alkanes) is 3. The van der Waals surface area contributed by atoms with E-state index in [0.717, 1.165) is 19.6 Å². The molecule has 0 radical (unpaired) electrons. The van der Waals surface area contributed by atoms with Gasteiger partial charge in [0.2, 0.25) is 0 Å². The molecule has 0 aromatic rings. The van der Waals surface area contributed by atoms with Crippen LogP contribution >= 0.6 is 0 Å². The fourth-order valence-corrected chi connectivity index (χ4v) is 21.2. The number of ether oxygens (including phenoxy) is 2. The van der Waals surface area contributed by atoms with E-state index in [4.69, 9.17) is 9.47 Å². The number of hydrogen-bond donors (Lipinski definition) is 0. The molecule has 26 heavy (non-hydrogen) atoms. The summed E-state index contributed by atoms with van der Waals surface area (Å²) in [6, 6.07) is 0. The van der Waals surface area contributed by atoms with Gasteiger partial charge in [-0.15, -0.1) is 0 Å². The molecule has 154 valence electrons. The standard InChI is InChI=1S/C9H16NO3.3C4H9.Sn/c1-9(2,3)13-8(11)10-5-4-6-12-7-10;3*1-3-4-2;/h7H,4-6H2,1-3H3;3*1,3-4H2,2H3;. The van der Waals surface area contributed by atoms with Gasteiger partial charge in [-0.2, -0.15) is 0 Å². The number of rotatable bonds is 10. The van der Waals surface area contributed by atoms with E-state index < -0.39 is 24.0 Å². The van der Waals surface area contributed by atoms with Crippen molar-refractivity contribution in [2.75, 3.05) is 13.2 Å². The molecule has 0 spiro atoms. The maximum atomic E-state index is 12.9. The summed E-state index contributed by atoms with van der Waals surface area (Å²) in [7, 11) is 0. The first-order valence-corrected chi connectivity index (χ1v) is 18.6. The van der Waals surface area contributed by atoms with Crippen LogP contribution in [0, 0.1) is 0 Å². The van der Waals surface area contributed by atoms with Crippen LogP contribution in [0.25, 0.3) is 0 Å². The summed E-state index contributed by atoms with van der Waals surface area (Å²) in [6.45, 7) is 14.3. The molecule has 1 atom stereocenters. The molecule has 5 heteroatoms. The Hall–Kier alpha value is 0.0287. The van der Waals surface area contributed by atoms with Gasteiger partial charge in [0.1, 0.15) is 0 Å². The second-order valence-corrected chi connectivity index (χ2v) is 22.4. The molecule has 0 aliphatic carbocycles. The van der Waals surface area contributed by atoms with Crippen LogP contribution in [0.5, 0.6) is 0 Å². The normalized spacial score (nSPS) is 18.8. The second-order valence-electron chi connectivity index (χ2n) is 8.92. The Morgan fingerprint density at radius 2 is 1.54 bits per heavy atom. The molecule has 1 saturated heterocycles. The van der Waals surface area contributed by atoms with Gasteiger partial charge in [0.05, 0.1) is 0 Å². The number of amides is 1. The third-order valence-corrected chi connectivity index (χ3v) is 21.2. The van der Waals surface area contributed by atoms with Crippen molar-refractivity contribution in [2.24, 2.45) is 0 Å².